The summed E-state index contributed by atoms with van der Waals surface area (Å²) in [4.78, 5) is 4.09. The number of benzene rings is 1. The molecule has 0 aliphatic carbocycles. The monoisotopic (exact) mass is 338 g/mol. The zero-order valence-corrected chi connectivity index (χ0v) is 13.3. The molecule has 20 heavy (non-hydrogen) atoms. The molecule has 1 heterocycles. The van der Waals surface area contributed by atoms with Crippen molar-refractivity contribution in [2.45, 2.75) is 13.1 Å². The van der Waals surface area contributed by atoms with Gasteiger partial charge >= 0.3 is 0 Å². The molecule has 0 atom stereocenters. The van der Waals surface area contributed by atoms with Gasteiger partial charge in [-0.1, -0.05) is 18.2 Å². The van der Waals surface area contributed by atoms with Crippen molar-refractivity contribution in [1.82, 2.24) is 10.3 Å². The SMILES string of the molecule is Br.COc1cccc(CNCc2cccnc2)c1OC. The second-order valence-electron chi connectivity index (χ2n) is 4.12. The van der Waals surface area contributed by atoms with Crippen LogP contribution in [0, 0.1) is 0 Å². The van der Waals surface area contributed by atoms with Gasteiger partial charge in [0.15, 0.2) is 11.5 Å². The van der Waals surface area contributed by atoms with Gasteiger partial charge < -0.3 is 14.8 Å². The van der Waals surface area contributed by atoms with Gasteiger partial charge in [0.1, 0.15) is 0 Å². The number of methoxy groups -OCH3 is 2. The fourth-order valence-electron chi connectivity index (χ4n) is 1.94. The molecule has 0 spiro atoms. The first-order valence-corrected chi connectivity index (χ1v) is 6.14. The van der Waals surface area contributed by atoms with Crippen molar-refractivity contribution < 1.29 is 9.47 Å². The van der Waals surface area contributed by atoms with Crippen molar-refractivity contribution in [1.29, 1.82) is 0 Å². The second-order valence-corrected chi connectivity index (χ2v) is 4.12. The van der Waals surface area contributed by atoms with Gasteiger partial charge in [-0.15, -0.1) is 17.0 Å². The molecule has 1 aromatic carbocycles. The summed E-state index contributed by atoms with van der Waals surface area (Å²) >= 11 is 0. The number of pyridine rings is 1. The molecule has 2 aromatic rings. The van der Waals surface area contributed by atoms with Gasteiger partial charge in [-0.25, -0.2) is 0 Å². The van der Waals surface area contributed by atoms with E-state index in [1.807, 2.05) is 36.5 Å². The lowest BCUT2D eigenvalue weighted by molar-refractivity contribution is 0.350. The number of para-hydroxylation sites is 1. The predicted molar refractivity (Wildman–Crippen MR) is 84.6 cm³/mol. The van der Waals surface area contributed by atoms with E-state index < -0.39 is 0 Å². The number of halogens is 1. The normalized spacial score (nSPS) is 9.70. The molecular formula is C15H19BrN2O2. The summed E-state index contributed by atoms with van der Waals surface area (Å²) in [7, 11) is 3.30. The maximum atomic E-state index is 5.39. The first-order valence-electron chi connectivity index (χ1n) is 6.14. The van der Waals surface area contributed by atoms with E-state index in [-0.39, 0.29) is 17.0 Å². The van der Waals surface area contributed by atoms with E-state index >= 15 is 0 Å². The van der Waals surface area contributed by atoms with Gasteiger partial charge in [-0.3, -0.25) is 4.98 Å². The Balaban J connectivity index is 0.00000200. The molecule has 0 bridgehead atoms. The molecule has 5 heteroatoms. The van der Waals surface area contributed by atoms with Crippen LogP contribution in [0.4, 0.5) is 0 Å². The lowest BCUT2D eigenvalue weighted by Gasteiger charge is -2.13. The van der Waals surface area contributed by atoms with Crippen LogP contribution in [0.25, 0.3) is 0 Å². The Kier molecular flexibility index (Phi) is 7.04. The summed E-state index contributed by atoms with van der Waals surface area (Å²) in [5.41, 5.74) is 2.23. The number of hydrogen-bond acceptors (Lipinski definition) is 4. The number of aromatic nitrogens is 1. The number of ether oxygens (including phenoxy) is 2. The Morgan fingerprint density at radius 3 is 2.55 bits per heavy atom. The highest BCUT2D eigenvalue weighted by molar-refractivity contribution is 8.93. The molecule has 1 aromatic heterocycles. The van der Waals surface area contributed by atoms with E-state index in [0.717, 1.165) is 35.7 Å². The number of rotatable bonds is 6. The molecule has 0 radical (unpaired) electrons. The Morgan fingerprint density at radius 2 is 1.90 bits per heavy atom. The molecule has 108 valence electrons. The zero-order chi connectivity index (χ0) is 13.5. The van der Waals surface area contributed by atoms with Gasteiger partial charge in [0, 0.05) is 31.0 Å². The maximum Gasteiger partial charge on any atom is 0.165 e. The van der Waals surface area contributed by atoms with Crippen molar-refractivity contribution in [3.63, 3.8) is 0 Å². The van der Waals surface area contributed by atoms with Crippen LogP contribution >= 0.6 is 17.0 Å². The van der Waals surface area contributed by atoms with Gasteiger partial charge in [0.25, 0.3) is 0 Å². The zero-order valence-electron chi connectivity index (χ0n) is 11.6. The largest absolute Gasteiger partial charge is 0.493 e. The van der Waals surface area contributed by atoms with Crippen molar-refractivity contribution in [2.75, 3.05) is 14.2 Å². The average Bonchev–Trinajstić information content (AvgIpc) is 2.48. The molecule has 4 nitrogen and oxygen atoms in total. The van der Waals surface area contributed by atoms with Gasteiger partial charge in [0.05, 0.1) is 14.2 Å². The molecule has 1 N–H and O–H groups in total. The van der Waals surface area contributed by atoms with E-state index in [9.17, 15) is 0 Å². The number of nitrogens with one attached hydrogen (secondary N) is 1. The topological polar surface area (TPSA) is 43.4 Å². The highest BCUT2D eigenvalue weighted by Gasteiger charge is 2.08. The van der Waals surface area contributed by atoms with Crippen LogP contribution in [0.2, 0.25) is 0 Å². The minimum absolute atomic E-state index is 0. The van der Waals surface area contributed by atoms with Crippen LogP contribution in [0.1, 0.15) is 11.1 Å². The maximum absolute atomic E-state index is 5.39. The second kappa shape index (κ2) is 8.55. The third-order valence-electron chi connectivity index (χ3n) is 2.85. The quantitative estimate of drug-likeness (QED) is 0.879. The summed E-state index contributed by atoms with van der Waals surface area (Å²) < 4.78 is 10.7. The highest BCUT2D eigenvalue weighted by Crippen LogP contribution is 2.30. The molecule has 0 aliphatic heterocycles. The summed E-state index contributed by atoms with van der Waals surface area (Å²) in [6, 6.07) is 9.86. The molecule has 0 unspecified atom stereocenters. The van der Waals surface area contributed by atoms with Gasteiger partial charge in [-0.05, 0) is 17.7 Å². The average molecular weight is 339 g/mol. The van der Waals surface area contributed by atoms with Crippen molar-refractivity contribution in [3.8, 4) is 11.5 Å². The highest BCUT2D eigenvalue weighted by atomic mass is 79.9. The fraction of sp³-hybridized carbons (Fsp3) is 0.267. The van der Waals surface area contributed by atoms with Crippen LogP contribution in [-0.2, 0) is 13.1 Å². The standard InChI is InChI=1S/C15H18N2O2.BrH/c1-18-14-7-3-6-13(15(14)19-2)11-17-10-12-5-4-8-16-9-12;/h3-9,17H,10-11H2,1-2H3;1H. The molecular weight excluding hydrogens is 320 g/mol. The third kappa shape index (κ3) is 4.21. The molecule has 2 rings (SSSR count). The Labute approximate surface area is 129 Å². The summed E-state index contributed by atoms with van der Waals surface area (Å²) in [5, 5.41) is 3.37. The van der Waals surface area contributed by atoms with Crippen LogP contribution in [-0.4, -0.2) is 19.2 Å². The summed E-state index contributed by atoms with van der Waals surface area (Å²) in [6.07, 6.45) is 3.63. The van der Waals surface area contributed by atoms with E-state index in [4.69, 9.17) is 9.47 Å². The van der Waals surface area contributed by atoms with Crippen molar-refractivity contribution in [3.05, 3.63) is 53.9 Å². The molecule has 0 aliphatic rings. The van der Waals surface area contributed by atoms with E-state index in [1.54, 1.807) is 20.4 Å². The molecule has 0 saturated carbocycles. The molecule has 0 amide bonds. The van der Waals surface area contributed by atoms with Crippen molar-refractivity contribution in [2.24, 2.45) is 0 Å². The van der Waals surface area contributed by atoms with E-state index in [0.29, 0.717) is 0 Å². The lowest BCUT2D eigenvalue weighted by Crippen LogP contribution is -2.13. The first-order chi connectivity index (χ1) is 9.35. The van der Waals surface area contributed by atoms with Crippen LogP contribution < -0.4 is 14.8 Å². The van der Waals surface area contributed by atoms with Crippen LogP contribution in [0.5, 0.6) is 11.5 Å². The Bertz CT molecular complexity index is 521. The summed E-state index contributed by atoms with van der Waals surface area (Å²) in [6.45, 7) is 1.49. The van der Waals surface area contributed by atoms with Crippen molar-refractivity contribution >= 4 is 17.0 Å². The summed E-state index contributed by atoms with van der Waals surface area (Å²) in [5.74, 6) is 1.53. The van der Waals surface area contributed by atoms with E-state index in [1.165, 1.54) is 0 Å². The smallest absolute Gasteiger partial charge is 0.165 e. The van der Waals surface area contributed by atoms with Gasteiger partial charge in [-0.2, -0.15) is 0 Å². The Morgan fingerprint density at radius 1 is 1.05 bits per heavy atom. The predicted octanol–water partition coefficient (Wildman–Crippen LogP) is 2.97. The number of nitrogens with zero attached hydrogens (tertiary/aromatic N) is 1. The minimum Gasteiger partial charge on any atom is -0.493 e. The number of hydrogen-bond donors (Lipinski definition) is 1. The minimum atomic E-state index is 0. The fourth-order valence-corrected chi connectivity index (χ4v) is 1.94. The third-order valence-corrected chi connectivity index (χ3v) is 2.85. The Hall–Kier alpha value is -1.59. The van der Waals surface area contributed by atoms with Crippen LogP contribution in [0.15, 0.2) is 42.7 Å². The van der Waals surface area contributed by atoms with E-state index in [2.05, 4.69) is 10.3 Å². The first kappa shape index (κ1) is 16.5. The van der Waals surface area contributed by atoms with Gasteiger partial charge in [0.2, 0.25) is 0 Å². The lowest BCUT2D eigenvalue weighted by atomic mass is 10.1. The molecule has 0 saturated heterocycles. The van der Waals surface area contributed by atoms with Crippen LogP contribution in [0.3, 0.4) is 0 Å². The molecule has 0 fully saturated rings.